The molecule has 0 radical (unpaired) electrons. The predicted molar refractivity (Wildman–Crippen MR) is 52.9 cm³/mol. The van der Waals surface area contributed by atoms with Crippen LogP contribution in [0, 0.1) is 5.82 Å². The lowest BCUT2D eigenvalue weighted by atomic mass is 10.1. The van der Waals surface area contributed by atoms with Gasteiger partial charge in [-0.2, -0.15) is 0 Å². The number of carbonyl (C=O) groups is 1. The van der Waals surface area contributed by atoms with E-state index in [-0.39, 0.29) is 24.4 Å². The summed E-state index contributed by atoms with van der Waals surface area (Å²) in [7, 11) is 0. The second kappa shape index (κ2) is 4.40. The van der Waals surface area contributed by atoms with E-state index in [4.69, 9.17) is 4.74 Å². The molecule has 1 saturated heterocycles. The highest BCUT2D eigenvalue weighted by Gasteiger charge is 2.19. The molecule has 1 unspecified atom stereocenters. The van der Waals surface area contributed by atoms with Gasteiger partial charge in [0.05, 0.1) is 6.10 Å². The van der Waals surface area contributed by atoms with Gasteiger partial charge in [0, 0.05) is 13.0 Å². The Morgan fingerprint density at radius 2 is 2.27 bits per heavy atom. The Kier molecular flexibility index (Phi) is 2.97. The first-order valence-electron chi connectivity index (χ1n) is 4.87. The third kappa shape index (κ3) is 2.53. The van der Waals surface area contributed by atoms with Gasteiger partial charge in [0.1, 0.15) is 12.4 Å². The molecule has 1 fully saturated rings. The molecular formula is C11H12FNO2. The van der Waals surface area contributed by atoms with Gasteiger partial charge in [0.25, 0.3) is 0 Å². The minimum absolute atomic E-state index is 0.0686. The molecular weight excluding hydrogens is 197 g/mol. The van der Waals surface area contributed by atoms with E-state index in [1.807, 2.05) is 0 Å². The largest absolute Gasteiger partial charge is 0.366 e. The van der Waals surface area contributed by atoms with Crippen LogP contribution in [0.3, 0.4) is 0 Å². The molecule has 1 heterocycles. The van der Waals surface area contributed by atoms with Gasteiger partial charge in [-0.05, 0) is 11.6 Å². The van der Waals surface area contributed by atoms with E-state index >= 15 is 0 Å². The van der Waals surface area contributed by atoms with Crippen molar-refractivity contribution in [2.24, 2.45) is 0 Å². The lowest BCUT2D eigenvalue weighted by Gasteiger charge is -2.23. The van der Waals surface area contributed by atoms with Gasteiger partial charge >= 0.3 is 0 Å². The fourth-order valence-corrected chi connectivity index (χ4v) is 1.57. The molecule has 0 aromatic heterocycles. The van der Waals surface area contributed by atoms with Gasteiger partial charge in [-0.1, -0.05) is 18.2 Å². The fourth-order valence-electron chi connectivity index (χ4n) is 1.57. The van der Waals surface area contributed by atoms with Crippen molar-refractivity contribution < 1.29 is 13.9 Å². The van der Waals surface area contributed by atoms with E-state index < -0.39 is 0 Å². The first-order chi connectivity index (χ1) is 7.25. The number of amides is 1. The highest BCUT2D eigenvalue weighted by atomic mass is 19.1. The molecule has 1 atom stereocenters. The van der Waals surface area contributed by atoms with Gasteiger partial charge < -0.3 is 10.1 Å². The van der Waals surface area contributed by atoms with Crippen LogP contribution in [0.2, 0.25) is 0 Å². The molecule has 1 N–H and O–H groups in total. The van der Waals surface area contributed by atoms with E-state index in [1.54, 1.807) is 18.2 Å². The van der Waals surface area contributed by atoms with Crippen LogP contribution in [0.5, 0.6) is 0 Å². The summed E-state index contributed by atoms with van der Waals surface area (Å²) in [5.74, 6) is -0.335. The molecule has 1 aromatic rings. The number of hydrogen-bond donors (Lipinski definition) is 1. The summed E-state index contributed by atoms with van der Waals surface area (Å²) in [4.78, 5) is 10.8. The van der Waals surface area contributed by atoms with Gasteiger partial charge in [-0.3, -0.25) is 4.79 Å². The van der Waals surface area contributed by atoms with Crippen LogP contribution in [0.1, 0.15) is 5.56 Å². The van der Waals surface area contributed by atoms with Crippen LogP contribution < -0.4 is 5.32 Å². The Morgan fingerprint density at radius 1 is 1.47 bits per heavy atom. The monoisotopic (exact) mass is 209 g/mol. The van der Waals surface area contributed by atoms with Crippen molar-refractivity contribution in [3.8, 4) is 0 Å². The van der Waals surface area contributed by atoms with Crippen molar-refractivity contribution >= 4 is 5.91 Å². The van der Waals surface area contributed by atoms with Crippen molar-refractivity contribution in [1.29, 1.82) is 0 Å². The van der Waals surface area contributed by atoms with Crippen molar-refractivity contribution in [3.63, 3.8) is 0 Å². The normalized spacial score (nSPS) is 21.1. The third-order valence-electron chi connectivity index (χ3n) is 2.38. The molecule has 1 aromatic carbocycles. The quantitative estimate of drug-likeness (QED) is 0.785. The first-order valence-corrected chi connectivity index (χ1v) is 4.87. The SMILES string of the molecule is O=C1COC(Cc2ccccc2F)CN1. The standard InChI is InChI=1S/C11H12FNO2/c12-10-4-2-1-3-8(10)5-9-6-13-11(14)7-15-9/h1-4,9H,5-7H2,(H,13,14). The number of ether oxygens (including phenoxy) is 1. The Hall–Kier alpha value is -1.42. The molecule has 0 aliphatic carbocycles. The number of benzene rings is 1. The minimum Gasteiger partial charge on any atom is -0.366 e. The molecule has 0 spiro atoms. The minimum atomic E-state index is -0.224. The second-order valence-electron chi connectivity index (χ2n) is 3.53. The number of morpholine rings is 1. The highest BCUT2D eigenvalue weighted by molar-refractivity contribution is 5.77. The summed E-state index contributed by atoms with van der Waals surface area (Å²) in [6.07, 6.45) is 0.368. The van der Waals surface area contributed by atoms with Crippen LogP contribution in [0.4, 0.5) is 4.39 Å². The van der Waals surface area contributed by atoms with E-state index in [9.17, 15) is 9.18 Å². The van der Waals surface area contributed by atoms with E-state index in [1.165, 1.54) is 6.07 Å². The Labute approximate surface area is 87.2 Å². The molecule has 15 heavy (non-hydrogen) atoms. The number of carbonyl (C=O) groups excluding carboxylic acids is 1. The van der Waals surface area contributed by atoms with Crippen LogP contribution in [0.25, 0.3) is 0 Å². The zero-order valence-corrected chi connectivity index (χ0v) is 8.20. The highest BCUT2D eigenvalue weighted by Crippen LogP contribution is 2.11. The summed E-state index contributed by atoms with van der Waals surface area (Å²) in [5, 5.41) is 2.69. The Balaban J connectivity index is 1.97. The average molecular weight is 209 g/mol. The lowest BCUT2D eigenvalue weighted by Crippen LogP contribution is -2.43. The molecule has 0 saturated carbocycles. The zero-order valence-electron chi connectivity index (χ0n) is 8.20. The molecule has 0 bridgehead atoms. The smallest absolute Gasteiger partial charge is 0.246 e. The van der Waals surface area contributed by atoms with Crippen LogP contribution in [-0.2, 0) is 16.0 Å². The molecule has 3 nitrogen and oxygen atoms in total. The average Bonchev–Trinajstić information content (AvgIpc) is 2.25. The topological polar surface area (TPSA) is 38.3 Å². The third-order valence-corrected chi connectivity index (χ3v) is 2.38. The van der Waals surface area contributed by atoms with E-state index in [2.05, 4.69) is 5.32 Å². The number of rotatable bonds is 2. The van der Waals surface area contributed by atoms with Crippen LogP contribution in [0.15, 0.2) is 24.3 Å². The maximum atomic E-state index is 13.3. The van der Waals surface area contributed by atoms with Crippen molar-refractivity contribution in [2.45, 2.75) is 12.5 Å². The lowest BCUT2D eigenvalue weighted by molar-refractivity contribution is -0.133. The summed E-state index contributed by atoms with van der Waals surface area (Å²) in [6, 6.07) is 6.61. The fraction of sp³-hybridized carbons (Fsp3) is 0.364. The maximum Gasteiger partial charge on any atom is 0.246 e. The van der Waals surface area contributed by atoms with E-state index in [0.29, 0.717) is 18.5 Å². The molecule has 4 heteroatoms. The van der Waals surface area contributed by atoms with E-state index in [0.717, 1.165) is 0 Å². The van der Waals surface area contributed by atoms with Crippen LogP contribution >= 0.6 is 0 Å². The summed E-state index contributed by atoms with van der Waals surface area (Å²) in [6.45, 7) is 0.520. The summed E-state index contributed by atoms with van der Waals surface area (Å²) >= 11 is 0. The number of halogens is 1. The van der Waals surface area contributed by atoms with Crippen molar-refractivity contribution in [1.82, 2.24) is 5.32 Å². The Bertz CT molecular complexity index is 357. The maximum absolute atomic E-state index is 13.3. The molecule has 2 rings (SSSR count). The van der Waals surface area contributed by atoms with Crippen LogP contribution in [-0.4, -0.2) is 25.2 Å². The Morgan fingerprint density at radius 3 is 2.93 bits per heavy atom. The van der Waals surface area contributed by atoms with Gasteiger partial charge in [0.2, 0.25) is 5.91 Å². The summed E-state index contributed by atoms with van der Waals surface area (Å²) < 4.78 is 18.5. The van der Waals surface area contributed by atoms with Crippen molar-refractivity contribution in [3.05, 3.63) is 35.6 Å². The van der Waals surface area contributed by atoms with Crippen molar-refractivity contribution in [2.75, 3.05) is 13.2 Å². The van der Waals surface area contributed by atoms with Gasteiger partial charge in [0.15, 0.2) is 0 Å². The number of hydrogen-bond acceptors (Lipinski definition) is 2. The summed E-state index contributed by atoms with van der Waals surface area (Å²) in [5.41, 5.74) is 0.624. The second-order valence-corrected chi connectivity index (χ2v) is 3.53. The molecule has 80 valence electrons. The number of nitrogens with one attached hydrogen (secondary N) is 1. The predicted octanol–water partition coefficient (Wildman–Crippen LogP) is 0.883. The molecule has 1 aliphatic heterocycles. The molecule has 1 amide bonds. The molecule has 1 aliphatic rings. The zero-order chi connectivity index (χ0) is 10.7. The first kappa shape index (κ1) is 10.1. The van der Waals surface area contributed by atoms with Gasteiger partial charge in [-0.25, -0.2) is 4.39 Å². The van der Waals surface area contributed by atoms with Gasteiger partial charge in [-0.15, -0.1) is 0 Å².